The number of benzene rings is 2. The van der Waals surface area contributed by atoms with E-state index >= 15 is 0 Å². The minimum atomic E-state index is -0.357. The Bertz CT molecular complexity index is 993. The number of Topliss-reactive ketones (excluding diaryl/α,β-unsaturated/α-hetero) is 1. The fourth-order valence-corrected chi connectivity index (χ4v) is 6.14. The van der Waals surface area contributed by atoms with E-state index in [0.29, 0.717) is 29.1 Å². The first-order valence-corrected chi connectivity index (χ1v) is 12.7. The molecule has 4 aliphatic heterocycles. The maximum absolute atomic E-state index is 13.6. The third-order valence-corrected chi connectivity index (χ3v) is 8.07. The van der Waals surface area contributed by atoms with Crippen molar-refractivity contribution < 1.29 is 23.9 Å². The van der Waals surface area contributed by atoms with Crippen molar-refractivity contribution in [2.24, 2.45) is 5.92 Å². The summed E-state index contributed by atoms with van der Waals surface area (Å²) in [4.78, 5) is 28.9. The third-order valence-electron chi connectivity index (χ3n) is 8.07. The third kappa shape index (κ3) is 4.89. The number of carbonyl (C=O) groups is 2. The number of ketones is 1. The van der Waals surface area contributed by atoms with Gasteiger partial charge in [-0.25, -0.2) is 4.79 Å². The molecule has 2 aromatic rings. The van der Waals surface area contributed by atoms with Gasteiger partial charge < -0.3 is 14.3 Å². The fourth-order valence-electron chi connectivity index (χ4n) is 6.14. The molecule has 4 aliphatic rings. The van der Waals surface area contributed by atoms with E-state index in [2.05, 4.69) is 4.90 Å². The zero-order valence-electron chi connectivity index (χ0n) is 19.8. The molecule has 0 saturated carbocycles. The molecule has 180 valence electrons. The van der Waals surface area contributed by atoms with Crippen LogP contribution in [0.4, 0.5) is 0 Å². The van der Waals surface area contributed by atoms with Gasteiger partial charge in [-0.15, -0.1) is 0 Å². The molecule has 0 aliphatic carbocycles. The summed E-state index contributed by atoms with van der Waals surface area (Å²) in [6, 6.07) is 16.2. The van der Waals surface area contributed by atoms with Crippen LogP contribution in [-0.2, 0) is 9.53 Å². The summed E-state index contributed by atoms with van der Waals surface area (Å²) in [5.74, 6) is 0.484. The zero-order valence-corrected chi connectivity index (χ0v) is 19.8. The molecule has 0 unspecified atom stereocenters. The van der Waals surface area contributed by atoms with Crippen LogP contribution >= 0.6 is 0 Å². The van der Waals surface area contributed by atoms with Crippen molar-refractivity contribution in [3.8, 4) is 5.75 Å². The number of fused-ring (bicyclic) bond motifs is 3. The van der Waals surface area contributed by atoms with Gasteiger partial charge in [0.2, 0.25) is 5.78 Å². The monoisotopic (exact) mass is 463 g/mol. The van der Waals surface area contributed by atoms with Gasteiger partial charge >= 0.3 is 5.97 Å². The van der Waals surface area contributed by atoms with Gasteiger partial charge in [-0.1, -0.05) is 36.8 Å². The zero-order chi connectivity index (χ0) is 23.5. The van der Waals surface area contributed by atoms with Crippen molar-refractivity contribution >= 4 is 11.8 Å². The van der Waals surface area contributed by atoms with Gasteiger partial charge in [0.15, 0.2) is 6.10 Å². The SMILES string of the molecule is O=C(C[N+]12CCC(CC1)[C@@H](OC(=O)[C@H](c1ccccc1)N1CCCCC1)C2)c1ccc(O)cc1. The fraction of sp³-hybridized carbons (Fsp3) is 0.500. The number of ether oxygens (including phenoxy) is 1. The summed E-state index contributed by atoms with van der Waals surface area (Å²) < 4.78 is 6.97. The van der Waals surface area contributed by atoms with Crippen LogP contribution in [0.5, 0.6) is 5.75 Å². The molecular weight excluding hydrogens is 428 g/mol. The molecule has 0 radical (unpaired) electrons. The first kappa shape index (κ1) is 23.1. The quantitative estimate of drug-likeness (QED) is 0.383. The largest absolute Gasteiger partial charge is 0.508 e. The van der Waals surface area contributed by atoms with Crippen LogP contribution < -0.4 is 0 Å². The minimum absolute atomic E-state index is 0.0842. The van der Waals surface area contributed by atoms with Gasteiger partial charge in [0.05, 0.1) is 13.1 Å². The van der Waals surface area contributed by atoms with Crippen LogP contribution in [0.3, 0.4) is 0 Å². The Morgan fingerprint density at radius 2 is 1.65 bits per heavy atom. The molecule has 6 heteroatoms. The summed E-state index contributed by atoms with van der Waals surface area (Å²) in [5.41, 5.74) is 1.63. The van der Waals surface area contributed by atoms with Crippen LogP contribution in [0.2, 0.25) is 0 Å². The van der Waals surface area contributed by atoms with E-state index in [1.54, 1.807) is 24.3 Å². The van der Waals surface area contributed by atoms with Crippen molar-refractivity contribution in [1.82, 2.24) is 4.90 Å². The lowest BCUT2D eigenvalue weighted by atomic mass is 9.82. The number of rotatable bonds is 7. The first-order chi connectivity index (χ1) is 16.5. The Morgan fingerprint density at radius 3 is 2.32 bits per heavy atom. The summed E-state index contributed by atoms with van der Waals surface area (Å²) in [6.45, 7) is 4.88. The molecule has 0 amide bonds. The van der Waals surface area contributed by atoms with E-state index in [9.17, 15) is 14.7 Å². The van der Waals surface area contributed by atoms with Gasteiger partial charge in [0, 0.05) is 24.3 Å². The van der Waals surface area contributed by atoms with Gasteiger partial charge in [-0.05, 0) is 55.8 Å². The second-order valence-electron chi connectivity index (χ2n) is 10.3. The molecule has 4 heterocycles. The number of phenolic OH excluding ortho intramolecular Hbond substituents is 1. The molecular formula is C28H35N2O4+. The molecule has 34 heavy (non-hydrogen) atoms. The van der Waals surface area contributed by atoms with Gasteiger partial charge in [-0.3, -0.25) is 9.69 Å². The molecule has 6 nitrogen and oxygen atoms in total. The summed E-state index contributed by atoms with van der Waals surface area (Å²) in [6.07, 6.45) is 5.27. The summed E-state index contributed by atoms with van der Waals surface area (Å²) in [7, 11) is 0. The Kier molecular flexibility index (Phi) is 6.70. The van der Waals surface area contributed by atoms with Crippen LogP contribution in [0.1, 0.15) is 54.1 Å². The molecule has 2 aromatic carbocycles. The van der Waals surface area contributed by atoms with E-state index in [-0.39, 0.29) is 29.6 Å². The predicted octanol–water partition coefficient (Wildman–Crippen LogP) is 3.95. The Labute approximate surface area is 201 Å². The number of esters is 1. The Balaban J connectivity index is 1.30. The molecule has 4 fully saturated rings. The molecule has 2 atom stereocenters. The molecule has 2 bridgehead atoms. The van der Waals surface area contributed by atoms with E-state index < -0.39 is 0 Å². The lowest BCUT2D eigenvalue weighted by Crippen LogP contribution is -2.66. The number of carbonyl (C=O) groups excluding carboxylic acids is 2. The molecule has 6 rings (SSSR count). The standard InChI is InChI=1S/C28H34N2O4/c31-24-11-9-21(10-12-24)25(32)19-30-17-13-22(14-18-30)26(20-30)34-28(33)27(23-7-3-1-4-8-23)29-15-5-2-6-16-29/h1,3-4,7-12,22,26-27H,2,5-6,13-20H2/p+1/t22?,26-,27-,30?/m0/s1. The molecule has 0 spiro atoms. The number of quaternary nitrogens is 1. The van der Waals surface area contributed by atoms with Crippen molar-refractivity contribution in [3.05, 3.63) is 65.7 Å². The highest BCUT2D eigenvalue weighted by Crippen LogP contribution is 2.37. The predicted molar refractivity (Wildman–Crippen MR) is 129 cm³/mol. The smallest absolute Gasteiger partial charge is 0.328 e. The van der Waals surface area contributed by atoms with Gasteiger partial charge in [0.1, 0.15) is 24.9 Å². The second-order valence-corrected chi connectivity index (χ2v) is 10.3. The lowest BCUT2D eigenvalue weighted by molar-refractivity contribution is -0.938. The summed E-state index contributed by atoms with van der Waals surface area (Å²) in [5, 5.41) is 9.54. The topological polar surface area (TPSA) is 66.8 Å². The number of hydrogen-bond acceptors (Lipinski definition) is 5. The average Bonchev–Trinajstić information content (AvgIpc) is 2.86. The highest BCUT2D eigenvalue weighted by Gasteiger charge is 2.49. The molecule has 4 saturated heterocycles. The second kappa shape index (κ2) is 9.88. The van der Waals surface area contributed by atoms with E-state index in [1.165, 1.54) is 6.42 Å². The van der Waals surface area contributed by atoms with Crippen LogP contribution in [0.25, 0.3) is 0 Å². The number of hydrogen-bond donors (Lipinski definition) is 1. The Morgan fingerprint density at radius 1 is 0.971 bits per heavy atom. The Hall–Kier alpha value is -2.70. The minimum Gasteiger partial charge on any atom is -0.508 e. The summed E-state index contributed by atoms with van der Waals surface area (Å²) >= 11 is 0. The molecule has 0 aromatic heterocycles. The number of likely N-dealkylation sites (tertiary alicyclic amines) is 1. The lowest BCUT2D eigenvalue weighted by Gasteiger charge is -2.51. The van der Waals surface area contributed by atoms with Crippen LogP contribution in [0, 0.1) is 5.92 Å². The van der Waals surface area contributed by atoms with Crippen molar-refractivity contribution in [2.45, 2.75) is 44.2 Å². The number of phenols is 1. The van der Waals surface area contributed by atoms with E-state index in [0.717, 1.165) is 57.4 Å². The van der Waals surface area contributed by atoms with Crippen LogP contribution in [-0.4, -0.2) is 71.6 Å². The van der Waals surface area contributed by atoms with Crippen molar-refractivity contribution in [2.75, 3.05) is 39.3 Å². The number of aromatic hydroxyl groups is 1. The maximum Gasteiger partial charge on any atom is 0.328 e. The van der Waals surface area contributed by atoms with Gasteiger partial charge in [0.25, 0.3) is 0 Å². The van der Waals surface area contributed by atoms with E-state index in [4.69, 9.17) is 4.74 Å². The first-order valence-electron chi connectivity index (χ1n) is 12.7. The highest BCUT2D eigenvalue weighted by atomic mass is 16.5. The number of piperidine rings is 4. The normalized spacial score (nSPS) is 27.8. The maximum atomic E-state index is 13.6. The van der Waals surface area contributed by atoms with Crippen molar-refractivity contribution in [1.29, 1.82) is 0 Å². The number of nitrogens with zero attached hydrogens (tertiary/aromatic N) is 2. The average molecular weight is 464 g/mol. The molecule has 1 N–H and O–H groups in total. The van der Waals surface area contributed by atoms with E-state index in [1.807, 2.05) is 30.3 Å². The van der Waals surface area contributed by atoms with Gasteiger partial charge in [-0.2, -0.15) is 0 Å². The van der Waals surface area contributed by atoms with Crippen molar-refractivity contribution in [3.63, 3.8) is 0 Å². The van der Waals surface area contributed by atoms with Crippen LogP contribution in [0.15, 0.2) is 54.6 Å². The highest BCUT2D eigenvalue weighted by molar-refractivity contribution is 5.97.